The van der Waals surface area contributed by atoms with Crippen LogP contribution in [0.25, 0.3) is 0 Å². The van der Waals surface area contributed by atoms with E-state index < -0.39 is 0 Å². The predicted octanol–water partition coefficient (Wildman–Crippen LogP) is 4.24. The van der Waals surface area contributed by atoms with E-state index in [0.29, 0.717) is 32.3 Å². The molecule has 1 aliphatic rings. The van der Waals surface area contributed by atoms with Crippen LogP contribution < -0.4 is 15.4 Å². The summed E-state index contributed by atoms with van der Waals surface area (Å²) < 4.78 is 6.86. The molecule has 2 aromatic heterocycles. The lowest BCUT2D eigenvalue weighted by atomic mass is 10.1. The molecule has 1 saturated heterocycles. The predicted molar refractivity (Wildman–Crippen MR) is 129 cm³/mol. The largest absolute Gasteiger partial charge is 0.496 e. The lowest BCUT2D eigenvalue weighted by molar-refractivity contribution is -0.130. The average Bonchev–Trinajstić information content (AvgIpc) is 3.54. The summed E-state index contributed by atoms with van der Waals surface area (Å²) in [4.78, 5) is 31.7. The SMILES string of the molecule is COc1ccc(C)c(NC(=O)c2cnc(Nc3nn(CC(=O)N4CCCC4)cc3Cl)s2)c1C. The number of methoxy groups -OCH3 is 1. The van der Waals surface area contributed by atoms with Crippen LogP contribution in [0.5, 0.6) is 5.75 Å². The number of likely N-dealkylation sites (tertiary alicyclic amines) is 1. The van der Waals surface area contributed by atoms with E-state index in [1.165, 1.54) is 22.2 Å². The number of hydrogen-bond acceptors (Lipinski definition) is 7. The molecule has 4 rings (SSSR count). The molecular formula is C22H25ClN6O3S. The van der Waals surface area contributed by atoms with Gasteiger partial charge in [-0.2, -0.15) is 5.10 Å². The minimum Gasteiger partial charge on any atom is -0.496 e. The number of benzene rings is 1. The van der Waals surface area contributed by atoms with Crippen LogP contribution in [0.15, 0.2) is 24.5 Å². The summed E-state index contributed by atoms with van der Waals surface area (Å²) in [5.41, 5.74) is 2.51. The molecule has 0 unspecified atom stereocenters. The number of amides is 2. The maximum Gasteiger partial charge on any atom is 0.267 e. The Morgan fingerprint density at radius 1 is 1.24 bits per heavy atom. The fourth-order valence-electron chi connectivity index (χ4n) is 3.72. The monoisotopic (exact) mass is 488 g/mol. The van der Waals surface area contributed by atoms with E-state index in [-0.39, 0.29) is 18.4 Å². The van der Waals surface area contributed by atoms with Gasteiger partial charge in [-0.05, 0) is 38.3 Å². The first-order valence-electron chi connectivity index (χ1n) is 10.5. The smallest absolute Gasteiger partial charge is 0.267 e. The highest BCUT2D eigenvalue weighted by molar-refractivity contribution is 7.17. The van der Waals surface area contributed by atoms with E-state index in [1.54, 1.807) is 13.3 Å². The summed E-state index contributed by atoms with van der Waals surface area (Å²) in [5, 5.41) is 11.2. The number of carbonyl (C=O) groups is 2. The molecule has 1 aliphatic heterocycles. The van der Waals surface area contributed by atoms with E-state index in [1.807, 2.05) is 30.9 Å². The first-order valence-corrected chi connectivity index (χ1v) is 11.7. The van der Waals surface area contributed by atoms with Crippen LogP contribution in [-0.2, 0) is 11.3 Å². The molecule has 0 radical (unpaired) electrons. The van der Waals surface area contributed by atoms with Crippen molar-refractivity contribution in [1.29, 1.82) is 0 Å². The van der Waals surface area contributed by atoms with Crippen molar-refractivity contribution in [2.24, 2.45) is 0 Å². The number of anilines is 3. The van der Waals surface area contributed by atoms with Gasteiger partial charge in [0.25, 0.3) is 5.91 Å². The Hall–Kier alpha value is -3.11. The van der Waals surface area contributed by atoms with Gasteiger partial charge in [-0.3, -0.25) is 14.3 Å². The second-order valence-corrected chi connectivity index (χ2v) is 9.24. The van der Waals surface area contributed by atoms with Crippen molar-refractivity contribution in [3.05, 3.63) is 45.6 Å². The summed E-state index contributed by atoms with van der Waals surface area (Å²) in [6, 6.07) is 3.77. The molecule has 0 bridgehead atoms. The molecule has 0 aliphatic carbocycles. The lowest BCUT2D eigenvalue weighted by Crippen LogP contribution is -2.31. The number of hydrogen-bond donors (Lipinski definition) is 2. The van der Waals surface area contributed by atoms with E-state index >= 15 is 0 Å². The second kappa shape index (κ2) is 9.80. The highest BCUT2D eigenvalue weighted by atomic mass is 35.5. The van der Waals surface area contributed by atoms with Crippen molar-refractivity contribution < 1.29 is 14.3 Å². The number of nitrogens with one attached hydrogen (secondary N) is 2. The minimum absolute atomic E-state index is 0.0227. The molecule has 0 spiro atoms. The third-order valence-electron chi connectivity index (χ3n) is 5.51. The van der Waals surface area contributed by atoms with Gasteiger partial charge >= 0.3 is 0 Å². The summed E-state index contributed by atoms with van der Waals surface area (Å²) >= 11 is 7.47. The molecule has 0 saturated carbocycles. The minimum atomic E-state index is -0.271. The number of aromatic nitrogens is 3. The molecule has 2 N–H and O–H groups in total. The molecule has 1 aromatic carbocycles. The first kappa shape index (κ1) is 23.1. The number of thiazole rings is 1. The molecule has 2 amide bonds. The molecule has 9 nitrogen and oxygen atoms in total. The maximum atomic E-state index is 12.8. The Bertz CT molecular complexity index is 1190. The number of rotatable bonds is 7. The number of halogens is 1. The molecule has 0 atom stereocenters. The van der Waals surface area contributed by atoms with Gasteiger partial charge < -0.3 is 20.3 Å². The topological polar surface area (TPSA) is 101 Å². The van der Waals surface area contributed by atoms with E-state index in [9.17, 15) is 9.59 Å². The fourth-order valence-corrected chi connectivity index (χ4v) is 4.63. The summed E-state index contributed by atoms with van der Waals surface area (Å²) in [6.07, 6.45) is 5.17. The molecule has 3 heterocycles. The molecule has 11 heteroatoms. The van der Waals surface area contributed by atoms with Gasteiger partial charge in [0.2, 0.25) is 5.91 Å². The zero-order chi connectivity index (χ0) is 23.5. The molecule has 174 valence electrons. The third-order valence-corrected chi connectivity index (χ3v) is 6.70. The number of nitrogens with zero attached hydrogens (tertiary/aromatic N) is 4. The molecule has 3 aromatic rings. The Morgan fingerprint density at radius 2 is 2.00 bits per heavy atom. The third kappa shape index (κ3) is 5.12. The van der Waals surface area contributed by atoms with Gasteiger partial charge in [-0.1, -0.05) is 29.0 Å². The zero-order valence-electron chi connectivity index (χ0n) is 18.6. The normalized spacial score (nSPS) is 13.3. The van der Waals surface area contributed by atoms with Crippen LogP contribution in [0, 0.1) is 13.8 Å². The standard InChI is InChI=1S/C22H25ClN6O3S/c1-13-6-7-16(32-3)14(2)19(13)25-21(31)17-10-24-22(33-17)26-20-15(23)11-29(27-20)12-18(30)28-8-4-5-9-28/h6-7,10-11H,4-5,8-9,12H2,1-3H3,(H,25,31)(H,24,26,27). The quantitative estimate of drug-likeness (QED) is 0.516. The van der Waals surface area contributed by atoms with Gasteiger partial charge in [0, 0.05) is 24.8 Å². The summed E-state index contributed by atoms with van der Waals surface area (Å²) in [6.45, 7) is 5.53. The van der Waals surface area contributed by atoms with Crippen LogP contribution in [0.2, 0.25) is 5.02 Å². The average molecular weight is 489 g/mol. The lowest BCUT2D eigenvalue weighted by Gasteiger charge is -2.14. The number of aryl methyl sites for hydroxylation is 1. The van der Waals surface area contributed by atoms with Crippen LogP contribution in [0.4, 0.5) is 16.6 Å². The van der Waals surface area contributed by atoms with Gasteiger partial charge in [-0.15, -0.1) is 0 Å². The van der Waals surface area contributed by atoms with Crippen LogP contribution >= 0.6 is 22.9 Å². The van der Waals surface area contributed by atoms with Gasteiger partial charge in [0.05, 0.1) is 19.0 Å². The van der Waals surface area contributed by atoms with E-state index in [2.05, 4.69) is 20.7 Å². The van der Waals surface area contributed by atoms with E-state index in [4.69, 9.17) is 16.3 Å². The van der Waals surface area contributed by atoms with Crippen molar-refractivity contribution in [2.45, 2.75) is 33.2 Å². The molecule has 33 heavy (non-hydrogen) atoms. The Kier molecular flexibility index (Phi) is 6.85. The van der Waals surface area contributed by atoms with Crippen LogP contribution in [0.3, 0.4) is 0 Å². The first-order chi connectivity index (χ1) is 15.9. The second-order valence-electron chi connectivity index (χ2n) is 7.80. The van der Waals surface area contributed by atoms with Crippen molar-refractivity contribution in [3.8, 4) is 5.75 Å². The van der Waals surface area contributed by atoms with Crippen molar-refractivity contribution >= 4 is 51.4 Å². The molecular weight excluding hydrogens is 464 g/mol. The van der Waals surface area contributed by atoms with Crippen LogP contribution in [-0.4, -0.2) is 51.7 Å². The Morgan fingerprint density at radius 3 is 2.73 bits per heavy atom. The van der Waals surface area contributed by atoms with Gasteiger partial charge in [-0.25, -0.2) is 4.98 Å². The highest BCUT2D eigenvalue weighted by Gasteiger charge is 2.20. The summed E-state index contributed by atoms with van der Waals surface area (Å²) in [7, 11) is 1.60. The van der Waals surface area contributed by atoms with Crippen molar-refractivity contribution in [2.75, 3.05) is 30.8 Å². The number of ether oxygens (including phenoxy) is 1. The Labute approximate surface area is 200 Å². The highest BCUT2D eigenvalue weighted by Crippen LogP contribution is 2.31. The van der Waals surface area contributed by atoms with Crippen LogP contribution in [0.1, 0.15) is 33.6 Å². The van der Waals surface area contributed by atoms with Crippen molar-refractivity contribution in [3.63, 3.8) is 0 Å². The van der Waals surface area contributed by atoms with E-state index in [0.717, 1.165) is 37.1 Å². The van der Waals surface area contributed by atoms with Gasteiger partial charge in [0.15, 0.2) is 10.9 Å². The molecule has 1 fully saturated rings. The zero-order valence-corrected chi connectivity index (χ0v) is 20.2. The summed E-state index contributed by atoms with van der Waals surface area (Å²) in [5.74, 6) is 0.838. The van der Waals surface area contributed by atoms with Crippen molar-refractivity contribution in [1.82, 2.24) is 19.7 Å². The maximum absolute atomic E-state index is 12.8. The Balaban J connectivity index is 1.42. The number of carbonyl (C=O) groups excluding carboxylic acids is 2. The fraction of sp³-hybridized carbons (Fsp3) is 0.364. The van der Waals surface area contributed by atoms with Gasteiger partial charge in [0.1, 0.15) is 22.2 Å².